The van der Waals surface area contributed by atoms with Crippen LogP contribution in [0.1, 0.15) is 221 Å². The lowest BCUT2D eigenvalue weighted by atomic mass is 9.90. The number of carbonyl (C=O) groups is 3. The van der Waals surface area contributed by atoms with Gasteiger partial charge in [0.2, 0.25) is 0 Å². The Kier molecular flexibility index (Phi) is 37.4. The molecule has 2 heterocycles. The van der Waals surface area contributed by atoms with Gasteiger partial charge in [-0.1, -0.05) is 181 Å². The summed E-state index contributed by atoms with van der Waals surface area (Å²) >= 11 is 0. The summed E-state index contributed by atoms with van der Waals surface area (Å²) in [7, 11) is 4.33. The number of hydrogen-bond donors (Lipinski definition) is 2. The molecule has 0 saturated heterocycles. The first-order valence-electron chi connectivity index (χ1n) is 26.8. The molecule has 0 fully saturated rings. The minimum Gasteiger partial charge on any atom is -0.476 e. The van der Waals surface area contributed by atoms with E-state index in [9.17, 15) is 24.6 Å². The molecule has 0 aromatic rings. The summed E-state index contributed by atoms with van der Waals surface area (Å²) in [6.45, 7) is 9.71. The number of aliphatic hydroxyl groups is 2. The number of rotatable bonds is 47. The Labute approximate surface area is 424 Å². The van der Waals surface area contributed by atoms with Crippen LogP contribution in [-0.4, -0.2) is 98.4 Å². The van der Waals surface area contributed by atoms with Crippen molar-refractivity contribution in [3.63, 3.8) is 0 Å². The van der Waals surface area contributed by atoms with Crippen LogP contribution >= 0.6 is 29.4 Å². The first kappa shape index (κ1) is 64.2. The molecule has 2 unspecified atom stereocenters. The van der Waals surface area contributed by atoms with E-state index in [1.807, 2.05) is 6.92 Å². The smallest absolute Gasteiger partial charge is 0.318 e. The van der Waals surface area contributed by atoms with Gasteiger partial charge in [0.1, 0.15) is 36.1 Å². The molecule has 2 aliphatic heterocycles. The van der Waals surface area contributed by atoms with Gasteiger partial charge >= 0.3 is 17.9 Å². The molecule has 68 heavy (non-hydrogen) atoms. The van der Waals surface area contributed by atoms with E-state index in [4.69, 9.17) is 27.3 Å². The Balaban J connectivity index is 1.76. The second-order valence-electron chi connectivity index (χ2n) is 19.9. The number of hydrogen-bond acceptors (Lipinski definition) is 13. The van der Waals surface area contributed by atoms with Crippen molar-refractivity contribution in [1.82, 2.24) is 0 Å². The zero-order valence-corrected chi connectivity index (χ0v) is 48.7. The predicted molar refractivity (Wildman–Crippen MR) is 290 cm³/mol. The van der Waals surface area contributed by atoms with Crippen LogP contribution in [0.4, 0.5) is 0 Å². The summed E-state index contributed by atoms with van der Waals surface area (Å²) in [5.74, 6) is -2.17. The van der Waals surface area contributed by atoms with Crippen LogP contribution in [0.5, 0.6) is 0 Å². The number of unbranched alkanes of at least 4 members (excludes halogenated alkanes) is 24. The second-order valence-corrected chi connectivity index (χ2v) is 33.7. The molecule has 400 valence electrons. The zero-order chi connectivity index (χ0) is 49.8. The lowest BCUT2D eigenvalue weighted by molar-refractivity contribution is -0.179. The first-order chi connectivity index (χ1) is 32.9. The fourth-order valence-electron chi connectivity index (χ4n) is 7.62. The summed E-state index contributed by atoms with van der Waals surface area (Å²) in [4.78, 5) is 40.5. The van der Waals surface area contributed by atoms with Gasteiger partial charge in [-0.3, -0.25) is 14.4 Å². The summed E-state index contributed by atoms with van der Waals surface area (Å²) in [6.07, 6.45) is 37.4. The average Bonchev–Trinajstić information content (AvgIpc) is 3.31. The van der Waals surface area contributed by atoms with Gasteiger partial charge in [0.05, 0.1) is 19.8 Å². The summed E-state index contributed by atoms with van der Waals surface area (Å²) in [5, 5.41) is 21.9. The van der Waals surface area contributed by atoms with Gasteiger partial charge in [-0.15, -0.1) is 0 Å². The molecule has 2 aliphatic rings. The number of ether oxygens (including phenoxy) is 4. The minimum absolute atomic E-state index is 0.0169. The molecule has 2 rings (SSSR count). The Hall–Kier alpha value is 0.110. The van der Waals surface area contributed by atoms with Crippen molar-refractivity contribution in [3.05, 3.63) is 0 Å². The highest BCUT2D eigenvalue weighted by Gasteiger charge is 2.43. The second kappa shape index (κ2) is 39.6. The van der Waals surface area contributed by atoms with E-state index < -0.39 is 60.6 Å². The topological polar surface area (TPSA) is 147 Å². The fourth-order valence-corrected chi connectivity index (χ4v) is 21.3. The molecule has 2 atom stereocenters. The minimum atomic E-state index is -1.58. The van der Waals surface area contributed by atoms with Crippen LogP contribution in [0.3, 0.4) is 0 Å². The third kappa shape index (κ3) is 28.0. The molecule has 0 amide bonds. The Bertz CT molecular complexity index is 1450. The molecule has 0 aromatic heterocycles. The van der Waals surface area contributed by atoms with Crippen LogP contribution in [0.15, 0.2) is 0 Å². The molecular formula is C51H96O11P4S2-2. The maximum atomic E-state index is 13.5. The van der Waals surface area contributed by atoms with Crippen molar-refractivity contribution in [3.8, 4) is 0 Å². The van der Waals surface area contributed by atoms with Gasteiger partial charge in [0, 0.05) is 19.8 Å². The quantitative estimate of drug-likeness (QED) is 0.0197. The van der Waals surface area contributed by atoms with Crippen molar-refractivity contribution in [2.45, 2.75) is 232 Å². The van der Waals surface area contributed by atoms with Crippen LogP contribution < -0.4 is 0 Å². The van der Waals surface area contributed by atoms with Gasteiger partial charge in [0.25, 0.3) is 0 Å². The predicted octanol–water partition coefficient (Wildman–Crippen LogP) is 14.8. The van der Waals surface area contributed by atoms with E-state index >= 15 is 0 Å². The van der Waals surface area contributed by atoms with Crippen LogP contribution in [0, 0.1) is 16.2 Å². The summed E-state index contributed by atoms with van der Waals surface area (Å²) in [6, 6.07) is 0. The van der Waals surface area contributed by atoms with E-state index in [0.29, 0.717) is 17.4 Å². The molecule has 0 spiro atoms. The molecule has 0 saturated carbocycles. The summed E-state index contributed by atoms with van der Waals surface area (Å²) < 4.78 is 34.5. The SMILES string of the molecule is CCCCCCCCCCCCCCCC1P=[S-](OCC(C)(CO)C(=O)OCC(C)(COC(=O)C(C)(CO)CO[S-]2=PC(CCCCCCCCCCCCCCC)P=2)C(=O)OCCOCC)=P1. The van der Waals surface area contributed by atoms with E-state index in [-0.39, 0.29) is 45.5 Å². The van der Waals surface area contributed by atoms with Crippen molar-refractivity contribution >= 4 is 66.4 Å². The highest BCUT2D eigenvalue weighted by Crippen LogP contribution is 2.42. The molecule has 0 bridgehead atoms. The molecule has 0 aliphatic carbocycles. The van der Waals surface area contributed by atoms with Crippen LogP contribution in [0.25, 0.3) is 0 Å². The van der Waals surface area contributed by atoms with Gasteiger partial charge in [-0.2, -0.15) is 0 Å². The number of esters is 3. The Morgan fingerprint density at radius 1 is 0.426 bits per heavy atom. The molecule has 0 aromatic carbocycles. The molecule has 11 nitrogen and oxygen atoms in total. The molecule has 17 heteroatoms. The maximum absolute atomic E-state index is 13.5. The molecule has 0 radical (unpaired) electrons. The third-order valence-electron chi connectivity index (χ3n) is 12.8. The first-order valence-corrected chi connectivity index (χ1v) is 35.4. The molecular weight excluding hydrogens is 977 g/mol. The lowest BCUT2D eigenvalue weighted by Crippen LogP contribution is -2.46. The van der Waals surface area contributed by atoms with Crippen molar-refractivity contribution < 1.29 is 51.9 Å². The monoisotopic (exact) mass is 1070 g/mol. The van der Waals surface area contributed by atoms with E-state index in [1.165, 1.54) is 216 Å². The highest BCUT2D eigenvalue weighted by atomic mass is 32.7. The average molecular weight is 1070 g/mol. The largest absolute Gasteiger partial charge is 0.476 e. The van der Waals surface area contributed by atoms with Gasteiger partial charge in [0.15, 0.2) is 0 Å². The summed E-state index contributed by atoms with van der Waals surface area (Å²) in [5.41, 5.74) is -4.28. The van der Waals surface area contributed by atoms with Crippen molar-refractivity contribution in [2.24, 2.45) is 16.2 Å². The van der Waals surface area contributed by atoms with Gasteiger partial charge in [-0.05, 0) is 51.3 Å². The molecule has 2 N–H and O–H groups in total. The lowest BCUT2D eigenvalue weighted by Gasteiger charge is -2.35. The van der Waals surface area contributed by atoms with Crippen LogP contribution in [0.2, 0.25) is 0 Å². The normalized spacial score (nSPS) is 19.5. The van der Waals surface area contributed by atoms with Gasteiger partial charge < -0.3 is 56.6 Å². The Morgan fingerprint density at radius 3 is 1.04 bits per heavy atom. The Morgan fingerprint density at radius 2 is 0.735 bits per heavy atom. The van der Waals surface area contributed by atoms with Crippen molar-refractivity contribution in [1.29, 1.82) is 0 Å². The van der Waals surface area contributed by atoms with E-state index in [0.717, 1.165) is 0 Å². The van der Waals surface area contributed by atoms with Crippen LogP contribution in [-0.2, 0) is 60.8 Å². The number of carbonyl (C=O) groups excluding carboxylic acids is 3. The zero-order valence-electron chi connectivity index (χ0n) is 43.5. The number of aliphatic hydroxyl groups excluding tert-OH is 2. The van der Waals surface area contributed by atoms with E-state index in [2.05, 4.69) is 13.8 Å². The van der Waals surface area contributed by atoms with Crippen molar-refractivity contribution in [2.75, 3.05) is 59.5 Å². The van der Waals surface area contributed by atoms with E-state index in [1.54, 1.807) is 13.8 Å². The van der Waals surface area contributed by atoms with Gasteiger partial charge in [-0.25, -0.2) is 29.4 Å². The maximum Gasteiger partial charge on any atom is 0.318 e. The third-order valence-corrected chi connectivity index (χ3v) is 29.4. The highest BCUT2D eigenvalue weighted by molar-refractivity contribution is 8.41. The fraction of sp³-hybridized carbons (Fsp3) is 0.941. The standard InChI is InChI=1S/C51H96O11P4S2/c1-7-10-12-14-16-18-20-22-24-26-28-30-32-34-44-63-67(64-44)61-42-49(4,38-52)46(54)59-40-51(6,48(56)58-37-36-57-9-3)41-60-47(55)50(5,39-53)43-62-68-65-45(66-68)35-33-31-29-27-25-23-21-19-17-15-13-11-8-2/h44-45,52-53H,7-43H2,1-6H3/q-2.